The van der Waals surface area contributed by atoms with Gasteiger partial charge in [0.25, 0.3) is 0 Å². The highest BCUT2D eigenvalue weighted by molar-refractivity contribution is 5.68. The van der Waals surface area contributed by atoms with Crippen LogP contribution in [-0.2, 0) is 6.42 Å². The first-order valence-electron chi connectivity index (χ1n) is 5.21. The Kier molecular flexibility index (Phi) is 2.29. The van der Waals surface area contributed by atoms with Crippen LogP contribution in [0.1, 0.15) is 11.4 Å². The van der Waals surface area contributed by atoms with Crippen LogP contribution in [0.2, 0.25) is 0 Å². The molecule has 5 heteroatoms. The van der Waals surface area contributed by atoms with Crippen LogP contribution in [0.25, 0.3) is 11.2 Å². The van der Waals surface area contributed by atoms with Crippen LogP contribution in [-0.4, -0.2) is 19.9 Å². The molecule has 0 amide bonds. The number of hydrogen-bond donors (Lipinski definition) is 1. The topological polar surface area (TPSA) is 54.5 Å². The van der Waals surface area contributed by atoms with Gasteiger partial charge < -0.3 is 4.98 Å². The van der Waals surface area contributed by atoms with Gasteiger partial charge in [0, 0.05) is 6.42 Å². The van der Waals surface area contributed by atoms with Crippen LogP contribution in [0, 0.1) is 5.82 Å². The number of fused-ring (bicyclic) bond motifs is 1. The Balaban J connectivity index is 1.97. The molecule has 0 unspecified atom stereocenters. The number of nitrogens with zero attached hydrogens (tertiary/aromatic N) is 3. The highest BCUT2D eigenvalue weighted by Crippen LogP contribution is 2.11. The van der Waals surface area contributed by atoms with Gasteiger partial charge in [0.1, 0.15) is 17.2 Å². The van der Waals surface area contributed by atoms with Crippen LogP contribution in [0.4, 0.5) is 4.39 Å². The van der Waals surface area contributed by atoms with Crippen molar-refractivity contribution in [2.75, 3.05) is 0 Å². The zero-order valence-electron chi connectivity index (χ0n) is 8.89. The Bertz CT molecular complexity index is 662. The minimum atomic E-state index is -0.238. The predicted octanol–water partition coefficient (Wildman–Crippen LogP) is 2.08. The normalized spacial score (nSPS) is 10.9. The number of aromatic nitrogens is 4. The third-order valence-corrected chi connectivity index (χ3v) is 2.53. The van der Waals surface area contributed by atoms with Crippen LogP contribution in [0.5, 0.6) is 0 Å². The van der Waals surface area contributed by atoms with Gasteiger partial charge in [-0.25, -0.2) is 19.3 Å². The number of H-pyrrole nitrogens is 1. The van der Waals surface area contributed by atoms with E-state index in [4.69, 9.17) is 0 Å². The molecule has 0 saturated carbocycles. The van der Waals surface area contributed by atoms with E-state index in [1.165, 1.54) is 6.07 Å². The largest absolute Gasteiger partial charge is 0.342 e. The van der Waals surface area contributed by atoms with Crippen LogP contribution in [0.15, 0.2) is 36.8 Å². The number of halogens is 1. The second-order valence-corrected chi connectivity index (χ2v) is 3.69. The Labute approximate surface area is 96.6 Å². The molecule has 0 atom stereocenters. The first-order valence-corrected chi connectivity index (χ1v) is 5.21. The molecule has 3 rings (SSSR count). The molecule has 2 aromatic heterocycles. The molecule has 0 aliphatic carbocycles. The molecular formula is C12H9FN4. The molecule has 4 nitrogen and oxygen atoms in total. The van der Waals surface area contributed by atoms with E-state index in [9.17, 15) is 4.39 Å². The summed E-state index contributed by atoms with van der Waals surface area (Å²) >= 11 is 0. The molecule has 3 aromatic rings. The van der Waals surface area contributed by atoms with Gasteiger partial charge in [-0.1, -0.05) is 18.2 Å². The number of nitrogens with one attached hydrogen (secondary N) is 1. The quantitative estimate of drug-likeness (QED) is 0.730. The third kappa shape index (κ3) is 1.87. The van der Waals surface area contributed by atoms with Crippen molar-refractivity contribution in [3.63, 3.8) is 0 Å². The number of aromatic amines is 1. The molecule has 0 spiro atoms. The fourth-order valence-corrected chi connectivity index (χ4v) is 1.67. The smallest absolute Gasteiger partial charge is 0.180 e. The summed E-state index contributed by atoms with van der Waals surface area (Å²) in [5.74, 6) is 0.327. The van der Waals surface area contributed by atoms with Crippen LogP contribution >= 0.6 is 0 Å². The fourth-order valence-electron chi connectivity index (χ4n) is 1.67. The Morgan fingerprint density at radius 2 is 2.06 bits per heavy atom. The van der Waals surface area contributed by atoms with Crippen molar-refractivity contribution in [1.29, 1.82) is 0 Å². The number of benzene rings is 1. The summed E-state index contributed by atoms with van der Waals surface area (Å²) in [5.41, 5.74) is 1.97. The number of rotatable bonds is 2. The van der Waals surface area contributed by atoms with Gasteiger partial charge in [-0.2, -0.15) is 0 Å². The number of imidazole rings is 1. The van der Waals surface area contributed by atoms with E-state index in [-0.39, 0.29) is 5.82 Å². The average molecular weight is 228 g/mol. The van der Waals surface area contributed by atoms with Gasteiger partial charge in [-0.05, 0) is 11.6 Å². The van der Waals surface area contributed by atoms with E-state index in [1.54, 1.807) is 30.7 Å². The summed E-state index contributed by atoms with van der Waals surface area (Å²) in [7, 11) is 0. The lowest BCUT2D eigenvalue weighted by Gasteiger charge is -2.01. The molecule has 0 bridgehead atoms. The van der Waals surface area contributed by atoms with Gasteiger partial charge in [-0.15, -0.1) is 0 Å². The van der Waals surface area contributed by atoms with Crippen LogP contribution in [0.3, 0.4) is 0 Å². The van der Waals surface area contributed by atoms with Crippen molar-refractivity contribution in [3.8, 4) is 0 Å². The van der Waals surface area contributed by atoms with E-state index < -0.39 is 0 Å². The van der Waals surface area contributed by atoms with Gasteiger partial charge in [-0.3, -0.25) is 0 Å². The summed E-state index contributed by atoms with van der Waals surface area (Å²) in [6.45, 7) is 0. The van der Waals surface area contributed by atoms with Gasteiger partial charge in [0.15, 0.2) is 5.65 Å². The maximum absolute atomic E-state index is 13.5. The zero-order chi connectivity index (χ0) is 11.7. The summed E-state index contributed by atoms with van der Waals surface area (Å²) in [4.78, 5) is 15.4. The molecule has 0 aliphatic heterocycles. The Hall–Kier alpha value is -2.30. The lowest BCUT2D eigenvalue weighted by atomic mass is 10.1. The summed E-state index contributed by atoms with van der Waals surface area (Å²) in [6, 6.07) is 6.62. The standard InChI is InChI=1S/C12H9FN4/c13-9-4-2-1-3-8(9)5-11-14-6-10-12(17-11)16-7-15-10/h1-4,6-7H,5H2,(H,14,15,16,17). The van der Waals surface area contributed by atoms with Crippen molar-refractivity contribution in [2.24, 2.45) is 0 Å². The maximum atomic E-state index is 13.5. The zero-order valence-corrected chi connectivity index (χ0v) is 8.89. The Morgan fingerprint density at radius 3 is 2.94 bits per heavy atom. The first kappa shape index (κ1) is 9.89. The van der Waals surface area contributed by atoms with Crippen LogP contribution < -0.4 is 0 Å². The average Bonchev–Trinajstić information content (AvgIpc) is 2.79. The third-order valence-electron chi connectivity index (χ3n) is 2.53. The van der Waals surface area contributed by atoms with Gasteiger partial charge in [0.2, 0.25) is 0 Å². The van der Waals surface area contributed by atoms with Crippen molar-refractivity contribution < 1.29 is 4.39 Å². The van der Waals surface area contributed by atoms with Crippen molar-refractivity contribution in [3.05, 3.63) is 54.0 Å². The SMILES string of the molecule is Fc1ccccc1Cc1ncc2[nH]cnc2n1. The second-order valence-electron chi connectivity index (χ2n) is 3.69. The summed E-state index contributed by atoms with van der Waals surface area (Å²) in [5, 5.41) is 0. The number of hydrogen-bond acceptors (Lipinski definition) is 3. The molecular weight excluding hydrogens is 219 g/mol. The molecule has 0 aliphatic rings. The molecule has 84 valence electrons. The molecule has 2 heterocycles. The molecule has 17 heavy (non-hydrogen) atoms. The predicted molar refractivity (Wildman–Crippen MR) is 60.9 cm³/mol. The lowest BCUT2D eigenvalue weighted by molar-refractivity contribution is 0.612. The highest BCUT2D eigenvalue weighted by Gasteiger charge is 2.06. The van der Waals surface area contributed by atoms with Crippen molar-refractivity contribution in [1.82, 2.24) is 19.9 Å². The molecule has 0 radical (unpaired) electrons. The Morgan fingerprint density at radius 1 is 1.18 bits per heavy atom. The van der Waals surface area contributed by atoms with E-state index in [1.807, 2.05) is 0 Å². The summed E-state index contributed by atoms with van der Waals surface area (Å²) in [6.07, 6.45) is 3.59. The fraction of sp³-hybridized carbons (Fsp3) is 0.0833. The van der Waals surface area contributed by atoms with E-state index in [0.29, 0.717) is 23.5 Å². The van der Waals surface area contributed by atoms with E-state index in [0.717, 1.165) is 5.52 Å². The molecule has 1 aromatic carbocycles. The van der Waals surface area contributed by atoms with Gasteiger partial charge in [0.05, 0.1) is 12.5 Å². The maximum Gasteiger partial charge on any atom is 0.180 e. The highest BCUT2D eigenvalue weighted by atomic mass is 19.1. The first-order chi connectivity index (χ1) is 8.33. The minimum Gasteiger partial charge on any atom is -0.342 e. The molecule has 0 saturated heterocycles. The minimum absolute atomic E-state index is 0.238. The van der Waals surface area contributed by atoms with E-state index in [2.05, 4.69) is 19.9 Å². The lowest BCUT2D eigenvalue weighted by Crippen LogP contribution is -1.98. The van der Waals surface area contributed by atoms with Crippen molar-refractivity contribution >= 4 is 11.2 Å². The molecule has 1 N–H and O–H groups in total. The van der Waals surface area contributed by atoms with E-state index >= 15 is 0 Å². The summed E-state index contributed by atoms with van der Waals surface area (Å²) < 4.78 is 13.5. The molecule has 0 fully saturated rings. The van der Waals surface area contributed by atoms with Gasteiger partial charge >= 0.3 is 0 Å². The monoisotopic (exact) mass is 228 g/mol. The van der Waals surface area contributed by atoms with Crippen molar-refractivity contribution in [2.45, 2.75) is 6.42 Å². The second kappa shape index (κ2) is 3.93.